The molecular weight excluding hydrogens is 490 g/mol. The van der Waals surface area contributed by atoms with Crippen LogP contribution >= 0.6 is 11.6 Å². The van der Waals surface area contributed by atoms with Crippen LogP contribution in [0.5, 0.6) is 11.5 Å². The van der Waals surface area contributed by atoms with Gasteiger partial charge < -0.3 is 24.6 Å². The summed E-state index contributed by atoms with van der Waals surface area (Å²) in [5, 5.41) is 10.8. The highest BCUT2D eigenvalue weighted by molar-refractivity contribution is 6.32. The highest BCUT2D eigenvalue weighted by Gasteiger charge is 2.25. The summed E-state index contributed by atoms with van der Waals surface area (Å²) in [6.45, 7) is 1.19. The minimum atomic E-state index is -1.52. The number of nitrogens with zero attached hydrogens (tertiary/aromatic N) is 4. The monoisotopic (exact) mass is 517 g/mol. The van der Waals surface area contributed by atoms with E-state index < -0.39 is 17.7 Å². The number of azo groups is 1. The number of halogens is 1. The van der Waals surface area contributed by atoms with Crippen LogP contribution in [0, 0.1) is 0 Å². The predicted octanol–water partition coefficient (Wildman–Crippen LogP) is 3.44. The molecule has 192 valence electrons. The summed E-state index contributed by atoms with van der Waals surface area (Å²) in [4.78, 5) is 52.9. The van der Waals surface area contributed by atoms with E-state index in [9.17, 15) is 19.2 Å². The predicted molar refractivity (Wildman–Crippen MR) is 135 cm³/mol. The second kappa shape index (κ2) is 12.1. The number of nitrogens with one attached hydrogen (secondary N) is 1. The van der Waals surface area contributed by atoms with Crippen molar-refractivity contribution in [2.24, 2.45) is 10.2 Å². The van der Waals surface area contributed by atoms with Gasteiger partial charge in [-0.3, -0.25) is 19.2 Å². The molecule has 11 nitrogen and oxygen atoms in total. The lowest BCUT2D eigenvalue weighted by Gasteiger charge is -2.15. The molecular formula is C24H28ClN5O6. The van der Waals surface area contributed by atoms with E-state index >= 15 is 0 Å². The minimum Gasteiger partial charge on any atom is -0.495 e. The summed E-state index contributed by atoms with van der Waals surface area (Å²) in [5.41, 5.74) is 0.729. The summed E-state index contributed by atoms with van der Waals surface area (Å²) in [5.74, 6) is -1.54. The van der Waals surface area contributed by atoms with Gasteiger partial charge in [0.05, 0.1) is 30.6 Å². The lowest BCUT2D eigenvalue weighted by molar-refractivity contribution is -0.126. The van der Waals surface area contributed by atoms with Gasteiger partial charge in [0.15, 0.2) is 5.78 Å². The lowest BCUT2D eigenvalue weighted by Crippen LogP contribution is -2.32. The number of benzene rings is 2. The summed E-state index contributed by atoms with van der Waals surface area (Å²) < 4.78 is 10.4. The third kappa shape index (κ3) is 6.79. The normalized spacial score (nSPS) is 11.6. The van der Waals surface area contributed by atoms with Crippen molar-refractivity contribution in [1.82, 2.24) is 9.80 Å². The van der Waals surface area contributed by atoms with Crippen molar-refractivity contribution in [2.45, 2.75) is 13.0 Å². The Balaban J connectivity index is 2.44. The summed E-state index contributed by atoms with van der Waals surface area (Å²) >= 11 is 6.10. The number of Topliss-reactive ketones (excluding diaryl/α,β-unsaturated/α-hetero) is 1. The molecule has 0 saturated heterocycles. The van der Waals surface area contributed by atoms with Gasteiger partial charge in [0.1, 0.15) is 11.5 Å². The van der Waals surface area contributed by atoms with E-state index in [1.165, 1.54) is 61.3 Å². The highest BCUT2D eigenvalue weighted by Crippen LogP contribution is 2.36. The molecule has 0 heterocycles. The molecule has 0 radical (unpaired) electrons. The molecule has 3 amide bonds. The maximum atomic E-state index is 12.9. The number of ketones is 1. The number of ether oxygens (including phenoxy) is 2. The molecule has 1 unspecified atom stereocenters. The van der Waals surface area contributed by atoms with Gasteiger partial charge in [-0.15, -0.1) is 0 Å². The molecule has 0 saturated carbocycles. The zero-order valence-corrected chi connectivity index (χ0v) is 21.8. The van der Waals surface area contributed by atoms with Crippen LogP contribution in [-0.2, 0) is 9.59 Å². The first-order valence-electron chi connectivity index (χ1n) is 10.6. The maximum Gasteiger partial charge on any atom is 0.258 e. The Bertz CT molecular complexity index is 1170. The largest absolute Gasteiger partial charge is 0.495 e. The van der Waals surface area contributed by atoms with Gasteiger partial charge >= 0.3 is 0 Å². The highest BCUT2D eigenvalue weighted by atomic mass is 35.5. The average molecular weight is 518 g/mol. The first-order valence-corrected chi connectivity index (χ1v) is 11.0. The Hall–Kier alpha value is -3.99. The number of methoxy groups -OCH3 is 2. The van der Waals surface area contributed by atoms with Gasteiger partial charge in [-0.25, -0.2) is 0 Å². The maximum absolute atomic E-state index is 12.9. The Labute approximate surface area is 214 Å². The molecule has 0 spiro atoms. The van der Waals surface area contributed by atoms with Crippen molar-refractivity contribution in [3.8, 4) is 11.5 Å². The van der Waals surface area contributed by atoms with Crippen LogP contribution in [0.2, 0.25) is 5.02 Å². The topological polar surface area (TPSA) is 130 Å². The molecule has 0 aliphatic carbocycles. The van der Waals surface area contributed by atoms with E-state index in [0.717, 1.165) is 0 Å². The fraction of sp³-hybridized carbons (Fsp3) is 0.333. The Morgan fingerprint density at radius 3 is 1.83 bits per heavy atom. The summed E-state index contributed by atoms with van der Waals surface area (Å²) in [6.07, 6.45) is 0. The van der Waals surface area contributed by atoms with Gasteiger partial charge in [0.2, 0.25) is 6.04 Å². The van der Waals surface area contributed by atoms with E-state index in [1.54, 1.807) is 28.2 Å². The van der Waals surface area contributed by atoms with Crippen molar-refractivity contribution in [2.75, 3.05) is 47.7 Å². The van der Waals surface area contributed by atoms with Crippen molar-refractivity contribution >= 4 is 46.5 Å². The van der Waals surface area contributed by atoms with E-state index in [1.807, 2.05) is 0 Å². The van der Waals surface area contributed by atoms with Crippen LogP contribution in [0.4, 0.5) is 11.4 Å². The zero-order chi connectivity index (χ0) is 27.2. The molecule has 1 N–H and O–H groups in total. The molecule has 0 aromatic heterocycles. The van der Waals surface area contributed by atoms with Crippen LogP contribution in [0.1, 0.15) is 27.6 Å². The van der Waals surface area contributed by atoms with Crippen molar-refractivity contribution in [1.29, 1.82) is 0 Å². The Morgan fingerprint density at radius 1 is 0.861 bits per heavy atom. The summed E-state index contributed by atoms with van der Waals surface area (Å²) in [7, 11) is 9.08. The number of carbonyl (C=O) groups excluding carboxylic acids is 4. The third-order valence-corrected chi connectivity index (χ3v) is 5.17. The zero-order valence-electron chi connectivity index (χ0n) is 21.1. The first-order chi connectivity index (χ1) is 16.9. The van der Waals surface area contributed by atoms with E-state index in [2.05, 4.69) is 15.5 Å². The molecule has 12 heteroatoms. The van der Waals surface area contributed by atoms with Gasteiger partial charge in [-0.1, -0.05) is 11.6 Å². The van der Waals surface area contributed by atoms with Gasteiger partial charge in [0.25, 0.3) is 17.7 Å². The van der Waals surface area contributed by atoms with Gasteiger partial charge in [-0.05, 0) is 25.1 Å². The fourth-order valence-corrected chi connectivity index (χ4v) is 3.27. The van der Waals surface area contributed by atoms with Crippen molar-refractivity contribution in [3.63, 3.8) is 0 Å². The SMILES string of the molecule is COc1cc(NC(=O)C(/N=N\c2cc(C(=O)N(C)C)cc(C(=O)N(C)C)c2)C(C)=O)c(OC)cc1Cl. The van der Waals surface area contributed by atoms with Crippen molar-refractivity contribution in [3.05, 3.63) is 46.5 Å². The number of carbonyl (C=O) groups is 4. The molecule has 0 aliphatic heterocycles. The van der Waals surface area contributed by atoms with Crippen LogP contribution in [0.25, 0.3) is 0 Å². The standard InChI is InChI=1S/C24H28ClN5O6/c1-13(31)21(22(32)26-18-12-19(35-6)17(25)11-20(18)36-7)28-27-16-9-14(23(33)29(2)3)8-15(10-16)24(34)30(4)5/h8-12,21H,1-7H3,(H,26,32)/b28-27-. The fourth-order valence-electron chi connectivity index (χ4n) is 3.03. The second-order valence-electron chi connectivity index (χ2n) is 8.07. The molecule has 0 aliphatic rings. The van der Waals surface area contributed by atoms with Crippen LogP contribution < -0.4 is 14.8 Å². The molecule has 1 atom stereocenters. The number of anilines is 1. The molecule has 2 rings (SSSR count). The minimum absolute atomic E-state index is 0.123. The van der Waals surface area contributed by atoms with Gasteiger partial charge in [-0.2, -0.15) is 10.2 Å². The first kappa shape index (κ1) is 28.2. The molecule has 0 fully saturated rings. The molecule has 2 aromatic rings. The van der Waals surface area contributed by atoms with E-state index in [-0.39, 0.29) is 50.8 Å². The average Bonchev–Trinajstić information content (AvgIpc) is 2.83. The third-order valence-electron chi connectivity index (χ3n) is 4.88. The van der Waals surface area contributed by atoms with Crippen LogP contribution in [0.15, 0.2) is 40.6 Å². The van der Waals surface area contributed by atoms with E-state index in [4.69, 9.17) is 21.1 Å². The van der Waals surface area contributed by atoms with Gasteiger partial charge in [0, 0.05) is 51.5 Å². The lowest BCUT2D eigenvalue weighted by atomic mass is 10.1. The number of rotatable bonds is 9. The molecule has 36 heavy (non-hydrogen) atoms. The smallest absolute Gasteiger partial charge is 0.258 e. The van der Waals surface area contributed by atoms with E-state index in [0.29, 0.717) is 0 Å². The summed E-state index contributed by atoms with van der Waals surface area (Å²) in [6, 6.07) is 5.66. The number of hydrogen-bond donors (Lipinski definition) is 1. The van der Waals surface area contributed by atoms with Crippen LogP contribution in [0.3, 0.4) is 0 Å². The van der Waals surface area contributed by atoms with Crippen LogP contribution in [-0.4, -0.2) is 81.8 Å². The quantitative estimate of drug-likeness (QED) is 0.400. The Morgan fingerprint density at radius 2 is 1.39 bits per heavy atom. The second-order valence-corrected chi connectivity index (χ2v) is 8.48. The number of amides is 3. The molecule has 2 aromatic carbocycles. The molecule has 0 bridgehead atoms. The Kier molecular flexibility index (Phi) is 9.51. The van der Waals surface area contributed by atoms with Crippen molar-refractivity contribution < 1.29 is 28.7 Å². The number of hydrogen-bond acceptors (Lipinski definition) is 8.